The van der Waals surface area contributed by atoms with Gasteiger partial charge in [-0.15, -0.1) is 0 Å². The highest BCUT2D eigenvalue weighted by Gasteiger charge is 2.24. The number of likely N-dealkylation sites (N-methyl/N-ethyl adjacent to an activating group) is 1. The van der Waals surface area contributed by atoms with Crippen LogP contribution < -0.4 is 4.72 Å². The van der Waals surface area contributed by atoms with Gasteiger partial charge in [-0.05, 0) is 51.5 Å². The lowest BCUT2D eigenvalue weighted by molar-refractivity contribution is 0.387. The Morgan fingerprint density at radius 3 is 2.64 bits per heavy atom. The summed E-state index contributed by atoms with van der Waals surface area (Å²) in [5.41, 5.74) is 1.85. The van der Waals surface area contributed by atoms with Crippen LogP contribution in [-0.2, 0) is 16.6 Å². The number of nitrogens with zero attached hydrogens (tertiary/aromatic N) is 3. The summed E-state index contributed by atoms with van der Waals surface area (Å²) >= 11 is 0. The first-order valence-electron chi connectivity index (χ1n) is 7.97. The summed E-state index contributed by atoms with van der Waals surface area (Å²) in [7, 11) is 0.300. The van der Waals surface area contributed by atoms with Gasteiger partial charge in [0.2, 0.25) is 0 Å². The molecule has 0 aliphatic carbocycles. The van der Waals surface area contributed by atoms with Gasteiger partial charge in [-0.3, -0.25) is 4.72 Å². The van der Waals surface area contributed by atoms with Crippen molar-refractivity contribution in [3.8, 4) is 0 Å². The first kappa shape index (κ1) is 17.5. The van der Waals surface area contributed by atoms with Gasteiger partial charge in [-0.25, -0.2) is 8.42 Å². The predicted molar refractivity (Wildman–Crippen MR) is 97.3 cm³/mol. The quantitative estimate of drug-likeness (QED) is 0.729. The molecule has 8 heteroatoms. The van der Waals surface area contributed by atoms with Crippen LogP contribution >= 0.6 is 0 Å². The Kier molecular flexibility index (Phi) is 4.57. The Balaban J connectivity index is 1.93. The second kappa shape index (κ2) is 6.53. The van der Waals surface area contributed by atoms with E-state index in [9.17, 15) is 8.42 Å². The monoisotopic (exact) mass is 362 g/mol. The maximum atomic E-state index is 12.7. The maximum absolute atomic E-state index is 12.7. The number of benzene rings is 1. The van der Waals surface area contributed by atoms with Crippen molar-refractivity contribution in [1.82, 2.24) is 14.6 Å². The molecule has 3 rings (SSSR count). The van der Waals surface area contributed by atoms with Crippen molar-refractivity contribution in [2.24, 2.45) is 0 Å². The van der Waals surface area contributed by atoms with E-state index in [2.05, 4.69) is 19.3 Å². The molecule has 0 aliphatic heterocycles. The van der Waals surface area contributed by atoms with Crippen molar-refractivity contribution in [3.05, 3.63) is 41.9 Å². The van der Waals surface area contributed by atoms with E-state index >= 15 is 0 Å². The molecule has 0 atom stereocenters. The zero-order chi connectivity index (χ0) is 18.2. The van der Waals surface area contributed by atoms with Crippen molar-refractivity contribution < 1.29 is 12.9 Å². The first-order chi connectivity index (χ1) is 11.8. The number of hydrogen-bond acceptors (Lipinski definition) is 5. The highest BCUT2D eigenvalue weighted by Crippen LogP contribution is 2.25. The number of rotatable bonds is 6. The molecule has 2 heterocycles. The van der Waals surface area contributed by atoms with Crippen LogP contribution in [-0.4, -0.2) is 43.7 Å². The lowest BCUT2D eigenvalue weighted by atomic mass is 10.2. The number of aromatic nitrogens is 2. The molecular formula is C17H22N4O3S. The maximum Gasteiger partial charge on any atom is 0.267 e. The van der Waals surface area contributed by atoms with Crippen LogP contribution in [0.4, 0.5) is 5.69 Å². The molecule has 2 aromatic heterocycles. The Hall–Kier alpha value is -2.32. The minimum Gasteiger partial charge on any atom is -0.360 e. The molecule has 0 aliphatic rings. The number of hydrogen-bond donors (Lipinski definition) is 1. The summed E-state index contributed by atoms with van der Waals surface area (Å²) in [6.07, 6.45) is 2.01. The first-order valence-corrected chi connectivity index (χ1v) is 9.45. The van der Waals surface area contributed by atoms with Crippen LogP contribution in [0.5, 0.6) is 0 Å². The van der Waals surface area contributed by atoms with Gasteiger partial charge in [0.05, 0.1) is 11.2 Å². The molecule has 7 nitrogen and oxygen atoms in total. The van der Waals surface area contributed by atoms with Crippen LogP contribution in [0, 0.1) is 13.8 Å². The fourth-order valence-electron chi connectivity index (χ4n) is 2.81. The molecular weight excluding hydrogens is 340 g/mol. The summed E-state index contributed by atoms with van der Waals surface area (Å²) in [5, 5.41) is 4.79. The van der Waals surface area contributed by atoms with Crippen LogP contribution in [0.15, 0.2) is 39.9 Å². The highest BCUT2D eigenvalue weighted by atomic mass is 32.2. The van der Waals surface area contributed by atoms with Crippen molar-refractivity contribution >= 4 is 26.6 Å². The minimum atomic E-state index is -3.75. The van der Waals surface area contributed by atoms with Crippen molar-refractivity contribution in [1.29, 1.82) is 0 Å². The average molecular weight is 362 g/mol. The van der Waals surface area contributed by atoms with Gasteiger partial charge in [0, 0.05) is 19.3 Å². The summed E-state index contributed by atoms with van der Waals surface area (Å²) in [5.74, 6) is 0.278. The molecule has 0 spiro atoms. The third kappa shape index (κ3) is 3.54. The summed E-state index contributed by atoms with van der Waals surface area (Å²) in [6.45, 7) is 4.93. The highest BCUT2D eigenvalue weighted by molar-refractivity contribution is 7.92. The summed E-state index contributed by atoms with van der Waals surface area (Å²) in [4.78, 5) is 2.20. The van der Waals surface area contributed by atoms with E-state index in [1.165, 1.54) is 0 Å². The van der Waals surface area contributed by atoms with Crippen LogP contribution in [0.25, 0.3) is 10.9 Å². The fraction of sp³-hybridized carbons (Fsp3) is 0.353. The number of anilines is 1. The smallest absolute Gasteiger partial charge is 0.267 e. The van der Waals surface area contributed by atoms with E-state index in [-0.39, 0.29) is 10.7 Å². The van der Waals surface area contributed by atoms with Gasteiger partial charge in [0.25, 0.3) is 10.0 Å². The molecule has 0 radical (unpaired) electrons. The number of fused-ring (bicyclic) bond motifs is 1. The molecule has 3 aromatic rings. The van der Waals surface area contributed by atoms with Gasteiger partial charge in [-0.2, -0.15) is 0 Å². The second-order valence-corrected chi connectivity index (χ2v) is 7.96. The fourth-order valence-corrected chi connectivity index (χ4v) is 4.20. The third-order valence-corrected chi connectivity index (χ3v) is 5.68. The number of aryl methyl sites for hydroxylation is 2. The molecule has 0 saturated heterocycles. The van der Waals surface area contributed by atoms with Crippen LogP contribution in [0.2, 0.25) is 0 Å². The van der Waals surface area contributed by atoms with E-state index in [4.69, 9.17) is 4.52 Å². The second-order valence-electron chi connectivity index (χ2n) is 6.34. The van der Waals surface area contributed by atoms with Crippen molar-refractivity contribution in [3.63, 3.8) is 0 Å². The SMILES string of the molecule is Cc1noc(C)c1S(=O)(=O)Nc1ccc2ccn(CCN(C)C)c2c1. The third-order valence-electron chi connectivity index (χ3n) is 4.05. The van der Waals surface area contributed by atoms with Gasteiger partial charge < -0.3 is 14.0 Å². The number of nitrogens with one attached hydrogen (secondary N) is 1. The Morgan fingerprint density at radius 2 is 2.00 bits per heavy atom. The molecule has 134 valence electrons. The molecule has 1 N–H and O–H groups in total. The molecule has 1 aromatic carbocycles. The Morgan fingerprint density at radius 1 is 1.24 bits per heavy atom. The van der Waals surface area contributed by atoms with Crippen LogP contribution in [0.1, 0.15) is 11.5 Å². The van der Waals surface area contributed by atoms with Gasteiger partial charge in [0.15, 0.2) is 10.7 Å². The Bertz CT molecular complexity index is 983. The van der Waals surface area contributed by atoms with Gasteiger partial charge in [0.1, 0.15) is 5.69 Å². The minimum absolute atomic E-state index is 0.0931. The largest absolute Gasteiger partial charge is 0.360 e. The lowest BCUT2D eigenvalue weighted by Crippen LogP contribution is -2.18. The standard InChI is InChI=1S/C17H22N4O3S/c1-12-17(13(2)24-18-12)25(22,23)19-15-6-5-14-7-8-21(16(14)11-15)10-9-20(3)4/h5-8,11,19H,9-10H2,1-4H3. The van der Waals surface area contributed by atoms with E-state index < -0.39 is 10.0 Å². The lowest BCUT2D eigenvalue weighted by Gasteiger charge is -2.12. The molecule has 25 heavy (non-hydrogen) atoms. The molecule has 0 fully saturated rings. The Labute approximate surface area is 147 Å². The topological polar surface area (TPSA) is 80.4 Å². The van der Waals surface area contributed by atoms with Crippen molar-refractivity contribution in [2.45, 2.75) is 25.3 Å². The van der Waals surface area contributed by atoms with Crippen molar-refractivity contribution in [2.75, 3.05) is 25.4 Å². The van der Waals surface area contributed by atoms with E-state index in [0.717, 1.165) is 24.0 Å². The molecule has 0 amide bonds. The number of sulfonamides is 1. The van der Waals surface area contributed by atoms with Gasteiger partial charge in [-0.1, -0.05) is 11.2 Å². The predicted octanol–water partition coefficient (Wildman–Crippen LogP) is 2.61. The zero-order valence-electron chi connectivity index (χ0n) is 14.8. The average Bonchev–Trinajstić information content (AvgIpc) is 3.08. The van der Waals surface area contributed by atoms with Crippen LogP contribution in [0.3, 0.4) is 0 Å². The molecule has 0 saturated carbocycles. The molecule has 0 bridgehead atoms. The van der Waals surface area contributed by atoms with E-state index in [0.29, 0.717) is 11.4 Å². The van der Waals surface area contributed by atoms with E-state index in [1.807, 2.05) is 38.5 Å². The summed E-state index contributed by atoms with van der Waals surface area (Å²) in [6, 6.07) is 7.54. The zero-order valence-corrected chi connectivity index (χ0v) is 15.6. The van der Waals surface area contributed by atoms with E-state index in [1.54, 1.807) is 19.9 Å². The molecule has 0 unspecified atom stereocenters. The van der Waals surface area contributed by atoms with Gasteiger partial charge >= 0.3 is 0 Å². The normalized spacial score (nSPS) is 12.2. The summed E-state index contributed by atoms with van der Waals surface area (Å²) < 4.78 is 35.0.